The zero-order valence-corrected chi connectivity index (χ0v) is 16.4. The van der Waals surface area contributed by atoms with Gasteiger partial charge in [-0.1, -0.05) is 12.1 Å². The van der Waals surface area contributed by atoms with Gasteiger partial charge in [0, 0.05) is 31.1 Å². The summed E-state index contributed by atoms with van der Waals surface area (Å²) in [5.41, 5.74) is 1.08. The zero-order chi connectivity index (χ0) is 18.4. The van der Waals surface area contributed by atoms with E-state index in [9.17, 15) is 4.79 Å². The van der Waals surface area contributed by atoms with Gasteiger partial charge in [0.15, 0.2) is 5.11 Å². The first-order valence-corrected chi connectivity index (χ1v) is 9.20. The monoisotopic (exact) mass is 363 g/mol. The molecule has 6 heteroatoms. The summed E-state index contributed by atoms with van der Waals surface area (Å²) < 4.78 is 5.19. The number of nitrogens with one attached hydrogen (secondary N) is 2. The fourth-order valence-electron chi connectivity index (χ4n) is 3.26. The van der Waals surface area contributed by atoms with Crippen molar-refractivity contribution in [1.29, 1.82) is 0 Å². The van der Waals surface area contributed by atoms with Gasteiger partial charge in [-0.25, -0.2) is 0 Å². The molecule has 138 valence electrons. The van der Waals surface area contributed by atoms with Gasteiger partial charge in [-0.2, -0.15) is 0 Å². The number of nitrogens with zero attached hydrogens (tertiary/aromatic N) is 1. The second-order valence-corrected chi connectivity index (χ2v) is 7.68. The fourth-order valence-corrected chi connectivity index (χ4v) is 3.81. The fraction of sp³-hybridized carbons (Fsp3) is 0.579. The minimum Gasteiger partial charge on any atom is -0.497 e. The molecule has 2 rings (SSSR count). The molecule has 25 heavy (non-hydrogen) atoms. The summed E-state index contributed by atoms with van der Waals surface area (Å²) in [6.07, 6.45) is 2.32. The van der Waals surface area contributed by atoms with Gasteiger partial charge in [-0.15, -0.1) is 0 Å². The third-order valence-corrected chi connectivity index (χ3v) is 4.81. The third-order valence-electron chi connectivity index (χ3n) is 4.47. The molecule has 1 saturated heterocycles. The minimum atomic E-state index is 0.0428. The molecule has 0 saturated carbocycles. The van der Waals surface area contributed by atoms with Crippen LogP contribution in [0.25, 0.3) is 0 Å². The summed E-state index contributed by atoms with van der Waals surface area (Å²) in [4.78, 5) is 14.3. The predicted octanol–water partition coefficient (Wildman–Crippen LogP) is 2.84. The molecule has 0 spiro atoms. The van der Waals surface area contributed by atoms with Gasteiger partial charge in [0.2, 0.25) is 5.91 Å². The summed E-state index contributed by atoms with van der Waals surface area (Å²) >= 11 is 5.47. The van der Waals surface area contributed by atoms with Crippen LogP contribution in [0, 0.1) is 0 Å². The topological polar surface area (TPSA) is 53.6 Å². The summed E-state index contributed by atoms with van der Waals surface area (Å²) in [7, 11) is 1.64. The van der Waals surface area contributed by atoms with Gasteiger partial charge in [0.05, 0.1) is 7.11 Å². The van der Waals surface area contributed by atoms with Gasteiger partial charge in [0.1, 0.15) is 5.75 Å². The molecule has 1 heterocycles. The van der Waals surface area contributed by atoms with Crippen LogP contribution in [0.2, 0.25) is 0 Å². The highest BCUT2D eigenvalue weighted by Crippen LogP contribution is 2.22. The van der Waals surface area contributed by atoms with Crippen LogP contribution in [-0.2, 0) is 11.3 Å². The first kappa shape index (κ1) is 19.5. The van der Waals surface area contributed by atoms with Crippen LogP contribution in [0.5, 0.6) is 5.75 Å². The van der Waals surface area contributed by atoms with E-state index in [0.717, 1.165) is 35.8 Å². The van der Waals surface area contributed by atoms with Crippen LogP contribution >= 0.6 is 12.2 Å². The van der Waals surface area contributed by atoms with Crippen molar-refractivity contribution in [2.24, 2.45) is 0 Å². The number of carbonyl (C=O) groups is 1. The highest BCUT2D eigenvalue weighted by molar-refractivity contribution is 7.80. The number of thiocarbonyl (C=S) groups is 1. The Morgan fingerprint density at radius 1 is 1.48 bits per heavy atom. The highest BCUT2D eigenvalue weighted by atomic mass is 32.1. The number of carbonyl (C=O) groups excluding carboxylic acids is 1. The van der Waals surface area contributed by atoms with E-state index in [-0.39, 0.29) is 11.4 Å². The molecule has 1 amide bonds. The van der Waals surface area contributed by atoms with Crippen molar-refractivity contribution >= 4 is 23.2 Å². The number of benzene rings is 1. The predicted molar refractivity (Wildman–Crippen MR) is 105 cm³/mol. The maximum Gasteiger partial charge on any atom is 0.220 e. The van der Waals surface area contributed by atoms with E-state index in [0.29, 0.717) is 19.0 Å². The van der Waals surface area contributed by atoms with E-state index in [2.05, 4.69) is 36.3 Å². The van der Waals surface area contributed by atoms with Crippen molar-refractivity contribution in [3.8, 4) is 5.75 Å². The van der Waals surface area contributed by atoms with Gasteiger partial charge in [0.25, 0.3) is 0 Å². The molecule has 1 aliphatic rings. The van der Waals surface area contributed by atoms with E-state index < -0.39 is 0 Å². The maximum absolute atomic E-state index is 12.1. The van der Waals surface area contributed by atoms with E-state index in [1.807, 2.05) is 24.3 Å². The number of methoxy groups -OCH3 is 1. The average molecular weight is 364 g/mol. The van der Waals surface area contributed by atoms with Gasteiger partial charge in [-0.3, -0.25) is 4.79 Å². The molecule has 1 aromatic carbocycles. The summed E-state index contributed by atoms with van der Waals surface area (Å²) in [5, 5.41) is 7.13. The lowest BCUT2D eigenvalue weighted by atomic mass is 9.93. The van der Waals surface area contributed by atoms with E-state index in [1.165, 1.54) is 0 Å². The Morgan fingerprint density at radius 3 is 2.92 bits per heavy atom. The number of amides is 1. The molecular weight excluding hydrogens is 334 g/mol. The second kappa shape index (κ2) is 8.52. The lowest BCUT2D eigenvalue weighted by molar-refractivity contribution is -0.121. The van der Waals surface area contributed by atoms with E-state index in [4.69, 9.17) is 17.0 Å². The van der Waals surface area contributed by atoms with Crippen LogP contribution in [0.15, 0.2) is 24.3 Å². The van der Waals surface area contributed by atoms with Crippen molar-refractivity contribution in [1.82, 2.24) is 15.5 Å². The third kappa shape index (κ3) is 5.88. The molecule has 0 bridgehead atoms. The Balaban J connectivity index is 1.72. The number of hydrogen-bond acceptors (Lipinski definition) is 3. The van der Waals surface area contributed by atoms with Crippen LogP contribution in [0.1, 0.15) is 45.6 Å². The van der Waals surface area contributed by atoms with E-state index >= 15 is 0 Å². The molecule has 0 radical (unpaired) electrons. The largest absolute Gasteiger partial charge is 0.497 e. The van der Waals surface area contributed by atoms with Crippen LogP contribution < -0.4 is 15.4 Å². The molecule has 1 fully saturated rings. The number of rotatable bonds is 7. The molecule has 1 aromatic rings. The van der Waals surface area contributed by atoms with Crippen molar-refractivity contribution in [2.45, 2.75) is 58.2 Å². The second-order valence-electron chi connectivity index (χ2n) is 7.29. The molecular formula is C19H29N3O2S. The normalized spacial score (nSPS) is 19.3. The van der Waals surface area contributed by atoms with Crippen molar-refractivity contribution in [3.63, 3.8) is 0 Å². The molecule has 1 atom stereocenters. The number of ether oxygens (including phenoxy) is 1. The van der Waals surface area contributed by atoms with Gasteiger partial charge < -0.3 is 20.3 Å². The lowest BCUT2D eigenvalue weighted by Gasteiger charge is -2.44. The average Bonchev–Trinajstić information content (AvgIpc) is 2.54. The summed E-state index contributed by atoms with van der Waals surface area (Å²) in [6, 6.07) is 8.12. The quantitative estimate of drug-likeness (QED) is 0.730. The van der Waals surface area contributed by atoms with Crippen molar-refractivity contribution in [3.05, 3.63) is 29.8 Å². The Labute approximate surface area is 156 Å². The first-order chi connectivity index (χ1) is 11.8. The zero-order valence-electron chi connectivity index (χ0n) is 15.6. The summed E-state index contributed by atoms with van der Waals surface area (Å²) in [5.74, 6) is 0.862. The van der Waals surface area contributed by atoms with Crippen LogP contribution in [0.4, 0.5) is 0 Å². The molecule has 0 aliphatic carbocycles. The Bertz CT molecular complexity index is 618. The molecule has 1 unspecified atom stereocenters. The summed E-state index contributed by atoms with van der Waals surface area (Å²) in [6.45, 7) is 7.84. The Morgan fingerprint density at radius 2 is 2.24 bits per heavy atom. The Kier molecular flexibility index (Phi) is 6.64. The number of hydrogen-bond donors (Lipinski definition) is 2. The standard InChI is InChI=1S/C19H29N3O2S/c1-14-12-19(2,3)21-18(25)22(14)10-6-9-17(23)20-13-15-7-5-8-16(11-15)24-4/h5,7-8,11,14H,6,9-10,12-13H2,1-4H3,(H,20,23)(H,21,25). The van der Waals surface area contributed by atoms with Crippen LogP contribution in [-0.4, -0.2) is 41.2 Å². The smallest absolute Gasteiger partial charge is 0.220 e. The molecule has 5 nitrogen and oxygen atoms in total. The maximum atomic E-state index is 12.1. The van der Waals surface area contributed by atoms with Crippen molar-refractivity contribution < 1.29 is 9.53 Å². The van der Waals surface area contributed by atoms with Gasteiger partial charge in [-0.05, 0) is 63.5 Å². The molecule has 0 aromatic heterocycles. The lowest BCUT2D eigenvalue weighted by Crippen LogP contribution is -2.60. The van der Waals surface area contributed by atoms with Crippen molar-refractivity contribution in [2.75, 3.05) is 13.7 Å². The van der Waals surface area contributed by atoms with Crippen LogP contribution in [0.3, 0.4) is 0 Å². The van der Waals surface area contributed by atoms with E-state index in [1.54, 1.807) is 7.11 Å². The SMILES string of the molecule is COc1cccc(CNC(=O)CCCN2C(=S)NC(C)(C)CC2C)c1. The minimum absolute atomic E-state index is 0.0428. The highest BCUT2D eigenvalue weighted by Gasteiger charge is 2.32. The molecule has 2 N–H and O–H groups in total. The van der Waals surface area contributed by atoms with Gasteiger partial charge >= 0.3 is 0 Å². The Hall–Kier alpha value is -1.82. The first-order valence-electron chi connectivity index (χ1n) is 8.79. The molecule has 1 aliphatic heterocycles.